The summed E-state index contributed by atoms with van der Waals surface area (Å²) in [6.45, 7) is 4.01. The molecule has 102 valence electrons. The van der Waals surface area contributed by atoms with Crippen molar-refractivity contribution in [3.05, 3.63) is 41.1 Å². The molecule has 0 bridgehead atoms. The van der Waals surface area contributed by atoms with E-state index in [1.165, 1.54) is 6.20 Å². The van der Waals surface area contributed by atoms with Crippen LogP contribution in [-0.4, -0.2) is 18.6 Å². The molecule has 6 nitrogen and oxygen atoms in total. The zero-order chi connectivity index (χ0) is 14.0. The Labute approximate surface area is 112 Å². The molecule has 0 unspecified atom stereocenters. The Morgan fingerprint density at radius 1 is 1.32 bits per heavy atom. The Kier molecular flexibility index (Phi) is 3.59. The number of aromatic amines is 1. The highest BCUT2D eigenvalue weighted by Gasteiger charge is 2.17. The fraction of sp³-hybridized carbons (Fsp3) is 0.250. The minimum Gasteiger partial charge on any atom is -0.326 e. The molecule has 0 saturated carbocycles. The van der Waals surface area contributed by atoms with Crippen LogP contribution in [0.15, 0.2) is 29.3 Å². The maximum atomic E-state index is 12.2. The summed E-state index contributed by atoms with van der Waals surface area (Å²) in [7, 11) is -3.63. The van der Waals surface area contributed by atoms with Gasteiger partial charge in [0.1, 0.15) is 5.82 Å². The predicted molar refractivity (Wildman–Crippen MR) is 73.2 cm³/mol. The lowest BCUT2D eigenvalue weighted by molar-refractivity contribution is 0.601. The van der Waals surface area contributed by atoms with E-state index in [0.29, 0.717) is 11.4 Å². The van der Waals surface area contributed by atoms with Gasteiger partial charge >= 0.3 is 0 Å². The average Bonchev–Trinajstić information content (AvgIpc) is 2.79. The van der Waals surface area contributed by atoms with E-state index in [1.54, 1.807) is 18.2 Å². The third kappa shape index (κ3) is 2.77. The fourth-order valence-corrected chi connectivity index (χ4v) is 2.77. The second kappa shape index (κ2) is 5.02. The number of aromatic nitrogens is 2. The quantitative estimate of drug-likeness (QED) is 0.785. The van der Waals surface area contributed by atoms with E-state index in [-0.39, 0.29) is 11.4 Å². The Bertz CT molecular complexity index is 692. The van der Waals surface area contributed by atoms with Crippen molar-refractivity contribution in [3.8, 4) is 0 Å². The summed E-state index contributed by atoms with van der Waals surface area (Å²) in [5.41, 5.74) is 8.09. The standard InChI is InChI=1S/C12H16N4O2S/c1-8-3-4-11(5-9(8)2)19(17,18)16-12-10(6-13)7-14-15-12/h3-5,7H,6,13H2,1-2H3,(H2,14,15,16). The summed E-state index contributed by atoms with van der Waals surface area (Å²) < 4.78 is 26.9. The zero-order valence-corrected chi connectivity index (χ0v) is 11.6. The minimum atomic E-state index is -3.63. The van der Waals surface area contributed by atoms with Crippen LogP contribution >= 0.6 is 0 Å². The second-order valence-corrected chi connectivity index (χ2v) is 6.01. The Balaban J connectivity index is 2.35. The number of aryl methyl sites for hydroxylation is 2. The van der Waals surface area contributed by atoms with Crippen LogP contribution in [0.2, 0.25) is 0 Å². The molecule has 0 fully saturated rings. The first-order valence-corrected chi connectivity index (χ1v) is 7.25. The van der Waals surface area contributed by atoms with Gasteiger partial charge in [0, 0.05) is 12.1 Å². The van der Waals surface area contributed by atoms with Crippen LogP contribution in [0.1, 0.15) is 16.7 Å². The maximum absolute atomic E-state index is 12.2. The molecule has 19 heavy (non-hydrogen) atoms. The van der Waals surface area contributed by atoms with Gasteiger partial charge in [-0.25, -0.2) is 8.42 Å². The highest BCUT2D eigenvalue weighted by atomic mass is 32.2. The largest absolute Gasteiger partial charge is 0.326 e. The van der Waals surface area contributed by atoms with Gasteiger partial charge in [-0.2, -0.15) is 5.10 Å². The van der Waals surface area contributed by atoms with E-state index in [4.69, 9.17) is 5.73 Å². The lowest BCUT2D eigenvalue weighted by Crippen LogP contribution is -2.15. The molecule has 0 aliphatic rings. The third-order valence-electron chi connectivity index (χ3n) is 2.96. The first-order chi connectivity index (χ1) is 8.94. The topological polar surface area (TPSA) is 101 Å². The number of hydrogen-bond donors (Lipinski definition) is 3. The normalized spacial score (nSPS) is 11.5. The third-order valence-corrected chi connectivity index (χ3v) is 4.31. The number of benzene rings is 1. The predicted octanol–water partition coefficient (Wildman–Crippen LogP) is 1.29. The molecule has 2 rings (SSSR count). The van der Waals surface area contributed by atoms with Crippen molar-refractivity contribution in [2.45, 2.75) is 25.3 Å². The number of nitrogens with zero attached hydrogens (tertiary/aromatic N) is 1. The van der Waals surface area contributed by atoms with Crippen LogP contribution in [0.4, 0.5) is 5.82 Å². The van der Waals surface area contributed by atoms with Gasteiger partial charge in [0.25, 0.3) is 10.0 Å². The summed E-state index contributed by atoms with van der Waals surface area (Å²) in [6.07, 6.45) is 1.50. The summed E-state index contributed by atoms with van der Waals surface area (Å²) in [5.74, 6) is 0.306. The van der Waals surface area contributed by atoms with E-state index >= 15 is 0 Å². The molecule has 0 spiro atoms. The van der Waals surface area contributed by atoms with Crippen molar-refractivity contribution in [2.75, 3.05) is 4.72 Å². The zero-order valence-electron chi connectivity index (χ0n) is 10.8. The van der Waals surface area contributed by atoms with Gasteiger partial charge in [0.15, 0.2) is 0 Å². The van der Waals surface area contributed by atoms with Crippen molar-refractivity contribution in [3.63, 3.8) is 0 Å². The molecular formula is C12H16N4O2S. The summed E-state index contributed by atoms with van der Waals surface area (Å²) in [4.78, 5) is 0.216. The number of rotatable bonds is 4. The van der Waals surface area contributed by atoms with Gasteiger partial charge < -0.3 is 5.73 Å². The van der Waals surface area contributed by atoms with Crippen molar-refractivity contribution in [2.24, 2.45) is 5.73 Å². The molecule has 0 saturated heterocycles. The molecule has 4 N–H and O–H groups in total. The second-order valence-electron chi connectivity index (χ2n) is 4.33. The van der Waals surface area contributed by atoms with Gasteiger partial charge in [-0.05, 0) is 37.1 Å². The molecule has 0 atom stereocenters. The van der Waals surface area contributed by atoms with Gasteiger partial charge in [-0.15, -0.1) is 0 Å². The van der Waals surface area contributed by atoms with Crippen molar-refractivity contribution in [1.82, 2.24) is 10.2 Å². The Morgan fingerprint density at radius 2 is 2.05 bits per heavy atom. The Hall–Kier alpha value is -1.86. The smallest absolute Gasteiger partial charge is 0.263 e. The van der Waals surface area contributed by atoms with Gasteiger partial charge in [-0.1, -0.05) is 6.07 Å². The highest BCUT2D eigenvalue weighted by molar-refractivity contribution is 7.92. The lowest BCUT2D eigenvalue weighted by Gasteiger charge is -2.09. The SMILES string of the molecule is Cc1ccc(S(=O)(=O)Nc2[nH]ncc2CN)cc1C. The fourth-order valence-electron chi connectivity index (χ4n) is 1.63. The summed E-state index contributed by atoms with van der Waals surface area (Å²) >= 11 is 0. The van der Waals surface area contributed by atoms with E-state index in [2.05, 4.69) is 14.9 Å². The molecule has 1 aromatic carbocycles. The van der Waals surface area contributed by atoms with E-state index < -0.39 is 10.0 Å². The van der Waals surface area contributed by atoms with Gasteiger partial charge in [0.2, 0.25) is 0 Å². The summed E-state index contributed by atoms with van der Waals surface area (Å²) in [6, 6.07) is 4.99. The number of H-pyrrole nitrogens is 1. The molecule has 7 heteroatoms. The molecule has 0 aliphatic heterocycles. The van der Waals surface area contributed by atoms with Crippen LogP contribution in [-0.2, 0) is 16.6 Å². The molecule has 0 aliphatic carbocycles. The van der Waals surface area contributed by atoms with E-state index in [0.717, 1.165) is 11.1 Å². The van der Waals surface area contributed by atoms with Gasteiger partial charge in [-0.3, -0.25) is 9.82 Å². The number of nitrogens with one attached hydrogen (secondary N) is 2. The van der Waals surface area contributed by atoms with Crippen LogP contribution < -0.4 is 10.5 Å². The highest BCUT2D eigenvalue weighted by Crippen LogP contribution is 2.19. The number of hydrogen-bond acceptors (Lipinski definition) is 4. The van der Waals surface area contributed by atoms with Crippen molar-refractivity contribution < 1.29 is 8.42 Å². The molecular weight excluding hydrogens is 264 g/mol. The summed E-state index contributed by atoms with van der Waals surface area (Å²) in [5, 5.41) is 6.36. The maximum Gasteiger partial charge on any atom is 0.263 e. The van der Waals surface area contributed by atoms with Crippen LogP contribution in [0, 0.1) is 13.8 Å². The molecule has 0 radical (unpaired) electrons. The molecule has 1 aromatic heterocycles. The molecule has 0 amide bonds. The molecule has 1 heterocycles. The average molecular weight is 280 g/mol. The van der Waals surface area contributed by atoms with Crippen molar-refractivity contribution in [1.29, 1.82) is 0 Å². The van der Waals surface area contributed by atoms with E-state index in [9.17, 15) is 8.42 Å². The minimum absolute atomic E-state index is 0.210. The van der Waals surface area contributed by atoms with Crippen LogP contribution in [0.5, 0.6) is 0 Å². The van der Waals surface area contributed by atoms with Crippen LogP contribution in [0.3, 0.4) is 0 Å². The van der Waals surface area contributed by atoms with E-state index in [1.807, 2.05) is 13.8 Å². The first-order valence-electron chi connectivity index (χ1n) is 5.76. The molecule has 2 aromatic rings. The monoisotopic (exact) mass is 280 g/mol. The van der Waals surface area contributed by atoms with Crippen LogP contribution in [0.25, 0.3) is 0 Å². The number of sulfonamides is 1. The van der Waals surface area contributed by atoms with Crippen molar-refractivity contribution >= 4 is 15.8 Å². The Morgan fingerprint density at radius 3 is 2.68 bits per heavy atom. The lowest BCUT2D eigenvalue weighted by atomic mass is 10.1. The first kappa shape index (κ1) is 13.6. The van der Waals surface area contributed by atoms with Gasteiger partial charge in [0.05, 0.1) is 11.1 Å². The number of nitrogens with two attached hydrogens (primary N) is 1. The number of anilines is 1.